The first kappa shape index (κ1) is 63.5. The van der Waals surface area contributed by atoms with Crippen LogP contribution >= 0.6 is 7.82 Å². The van der Waals surface area contributed by atoms with Crippen molar-refractivity contribution in [3.05, 3.63) is 24.3 Å². The summed E-state index contributed by atoms with van der Waals surface area (Å²) in [6.07, 6.45) is 54.3. The SMILES string of the molecule is CCCCC/C=C\C/C=C\CCCCCCCCCCCC(=O)OC(COC(=O)CCCCCCCCCCCCCCCCCCCCCCCCC)COP(=O)(O)OCC(O)CO. The average molecular weight is 943 g/mol. The summed E-state index contributed by atoms with van der Waals surface area (Å²) in [7, 11) is -4.62. The van der Waals surface area contributed by atoms with E-state index in [1.54, 1.807) is 0 Å². The molecule has 0 aromatic heterocycles. The average Bonchev–Trinajstić information content (AvgIpc) is 3.30. The van der Waals surface area contributed by atoms with Crippen molar-refractivity contribution in [3.63, 3.8) is 0 Å². The third-order valence-electron chi connectivity index (χ3n) is 12.1. The number of aliphatic hydroxyl groups is 2. The van der Waals surface area contributed by atoms with Crippen molar-refractivity contribution in [2.45, 2.75) is 283 Å². The first-order valence-electron chi connectivity index (χ1n) is 27.3. The van der Waals surface area contributed by atoms with Crippen molar-refractivity contribution in [1.82, 2.24) is 0 Å². The zero-order valence-electron chi connectivity index (χ0n) is 42.2. The molecule has 10 nitrogen and oxygen atoms in total. The predicted molar refractivity (Wildman–Crippen MR) is 270 cm³/mol. The van der Waals surface area contributed by atoms with E-state index >= 15 is 0 Å². The van der Waals surface area contributed by atoms with Crippen LogP contribution in [0.2, 0.25) is 0 Å². The molecule has 3 unspecified atom stereocenters. The molecule has 11 heteroatoms. The van der Waals surface area contributed by atoms with Gasteiger partial charge in [-0.3, -0.25) is 18.6 Å². The van der Waals surface area contributed by atoms with Gasteiger partial charge in [-0.2, -0.15) is 0 Å². The fraction of sp³-hybridized carbons (Fsp3) is 0.889. The second kappa shape index (κ2) is 50.3. The summed E-state index contributed by atoms with van der Waals surface area (Å²) in [4.78, 5) is 35.2. The second-order valence-electron chi connectivity index (χ2n) is 18.6. The monoisotopic (exact) mass is 943 g/mol. The summed E-state index contributed by atoms with van der Waals surface area (Å²) in [5, 5.41) is 18.4. The molecule has 3 atom stereocenters. The Kier molecular flexibility index (Phi) is 49.1. The zero-order chi connectivity index (χ0) is 47.6. The summed E-state index contributed by atoms with van der Waals surface area (Å²) in [6.45, 7) is 2.41. The highest BCUT2D eigenvalue weighted by atomic mass is 31.2. The maximum atomic E-state index is 12.7. The van der Waals surface area contributed by atoms with Gasteiger partial charge in [0.1, 0.15) is 12.7 Å². The summed E-state index contributed by atoms with van der Waals surface area (Å²) in [6, 6.07) is 0. The number of carbonyl (C=O) groups excluding carboxylic acids is 2. The van der Waals surface area contributed by atoms with Crippen molar-refractivity contribution < 1.29 is 47.8 Å². The Balaban J connectivity index is 4.10. The Morgan fingerprint density at radius 3 is 1.22 bits per heavy atom. The minimum absolute atomic E-state index is 0.183. The maximum Gasteiger partial charge on any atom is 0.472 e. The molecule has 0 aliphatic rings. The molecule has 0 amide bonds. The highest BCUT2D eigenvalue weighted by Crippen LogP contribution is 2.43. The van der Waals surface area contributed by atoms with Crippen LogP contribution in [0.25, 0.3) is 0 Å². The Hall–Kier alpha value is -1.55. The van der Waals surface area contributed by atoms with Crippen molar-refractivity contribution >= 4 is 19.8 Å². The van der Waals surface area contributed by atoms with Gasteiger partial charge in [-0.15, -0.1) is 0 Å². The molecular weight excluding hydrogens is 840 g/mol. The molecule has 3 N–H and O–H groups in total. The third-order valence-corrected chi connectivity index (χ3v) is 13.1. The lowest BCUT2D eigenvalue weighted by Gasteiger charge is -2.20. The van der Waals surface area contributed by atoms with Crippen molar-refractivity contribution in [1.29, 1.82) is 0 Å². The maximum absolute atomic E-state index is 12.7. The summed E-state index contributed by atoms with van der Waals surface area (Å²) < 4.78 is 32.9. The van der Waals surface area contributed by atoms with Crippen LogP contribution in [0.1, 0.15) is 271 Å². The number of phosphoric acid groups is 1. The largest absolute Gasteiger partial charge is 0.472 e. The van der Waals surface area contributed by atoms with Crippen LogP contribution in [0.3, 0.4) is 0 Å². The number of rotatable bonds is 52. The van der Waals surface area contributed by atoms with E-state index in [4.69, 9.17) is 23.6 Å². The minimum atomic E-state index is -4.62. The number of ether oxygens (including phenoxy) is 2. The van der Waals surface area contributed by atoms with Gasteiger partial charge in [0.05, 0.1) is 19.8 Å². The normalized spacial score (nSPS) is 13.7. The van der Waals surface area contributed by atoms with Crippen LogP contribution in [0.5, 0.6) is 0 Å². The fourth-order valence-corrected chi connectivity index (χ4v) is 8.70. The van der Waals surface area contributed by atoms with Gasteiger partial charge in [-0.1, -0.05) is 237 Å². The van der Waals surface area contributed by atoms with Gasteiger partial charge < -0.3 is 24.6 Å². The van der Waals surface area contributed by atoms with Gasteiger partial charge in [0.15, 0.2) is 6.10 Å². The minimum Gasteiger partial charge on any atom is -0.462 e. The van der Waals surface area contributed by atoms with E-state index in [0.717, 1.165) is 51.4 Å². The molecule has 384 valence electrons. The van der Waals surface area contributed by atoms with Crippen LogP contribution in [-0.2, 0) is 32.7 Å². The molecule has 0 rings (SSSR count). The summed E-state index contributed by atoms with van der Waals surface area (Å²) in [5.41, 5.74) is 0. The molecule has 0 aromatic carbocycles. The van der Waals surface area contributed by atoms with E-state index in [-0.39, 0.29) is 19.4 Å². The van der Waals surface area contributed by atoms with Gasteiger partial charge in [0, 0.05) is 12.8 Å². The fourth-order valence-electron chi connectivity index (χ4n) is 7.91. The first-order valence-corrected chi connectivity index (χ1v) is 28.8. The third kappa shape index (κ3) is 50.2. The molecule has 0 fully saturated rings. The number of aliphatic hydroxyl groups excluding tert-OH is 2. The molecule has 65 heavy (non-hydrogen) atoms. The molecule has 0 saturated carbocycles. The van der Waals surface area contributed by atoms with Gasteiger partial charge in [-0.05, 0) is 44.9 Å². The van der Waals surface area contributed by atoms with Crippen LogP contribution in [0.4, 0.5) is 0 Å². The second-order valence-corrected chi connectivity index (χ2v) is 20.1. The molecule has 0 aliphatic heterocycles. The van der Waals surface area contributed by atoms with E-state index < -0.39 is 51.8 Å². The number of hydrogen-bond acceptors (Lipinski definition) is 9. The van der Waals surface area contributed by atoms with E-state index in [2.05, 4.69) is 38.2 Å². The molecule has 0 bridgehead atoms. The number of hydrogen-bond donors (Lipinski definition) is 3. The summed E-state index contributed by atoms with van der Waals surface area (Å²) in [5.74, 6) is -0.914. The Morgan fingerprint density at radius 2 is 0.800 bits per heavy atom. The van der Waals surface area contributed by atoms with Crippen LogP contribution in [-0.4, -0.2) is 65.7 Å². The van der Waals surface area contributed by atoms with Crippen molar-refractivity contribution in [2.75, 3.05) is 26.4 Å². The van der Waals surface area contributed by atoms with Gasteiger partial charge in [0.25, 0.3) is 0 Å². The van der Waals surface area contributed by atoms with Crippen molar-refractivity contribution in [3.8, 4) is 0 Å². The topological polar surface area (TPSA) is 149 Å². The Labute approximate surface area is 399 Å². The number of allylic oxidation sites excluding steroid dienone is 4. The molecule has 0 spiro atoms. The van der Waals surface area contributed by atoms with E-state index in [1.807, 2.05) is 0 Å². The molecule has 0 heterocycles. The van der Waals surface area contributed by atoms with Crippen LogP contribution in [0, 0.1) is 0 Å². The number of unbranched alkanes of at least 4 members (excludes halogenated alkanes) is 34. The van der Waals surface area contributed by atoms with Gasteiger partial charge in [-0.25, -0.2) is 4.57 Å². The zero-order valence-corrected chi connectivity index (χ0v) is 43.1. The molecule has 0 radical (unpaired) electrons. The smallest absolute Gasteiger partial charge is 0.462 e. The molecule has 0 saturated heterocycles. The number of phosphoric ester groups is 1. The lowest BCUT2D eigenvalue weighted by atomic mass is 10.0. The Morgan fingerprint density at radius 1 is 0.462 bits per heavy atom. The van der Waals surface area contributed by atoms with Crippen molar-refractivity contribution in [2.24, 2.45) is 0 Å². The van der Waals surface area contributed by atoms with E-state index in [0.29, 0.717) is 12.8 Å². The summed E-state index contributed by atoms with van der Waals surface area (Å²) >= 11 is 0. The van der Waals surface area contributed by atoms with Gasteiger partial charge in [0.2, 0.25) is 0 Å². The molecular formula is C54H103O10P. The van der Waals surface area contributed by atoms with Gasteiger partial charge >= 0.3 is 19.8 Å². The predicted octanol–water partition coefficient (Wildman–Crippen LogP) is 15.7. The van der Waals surface area contributed by atoms with Crippen LogP contribution < -0.4 is 0 Å². The quantitative estimate of drug-likeness (QED) is 0.0233. The molecule has 0 aliphatic carbocycles. The lowest BCUT2D eigenvalue weighted by Crippen LogP contribution is -2.29. The standard InChI is InChI=1S/C54H103O10P/c1-3-5-7-9-11-13-15-17-19-21-23-24-25-26-28-29-31-33-35-37-39-41-43-45-53(57)61-49-52(50-63-65(59,60)62-48-51(56)47-55)64-54(58)46-44-42-40-38-36-34-32-30-27-22-20-18-16-14-12-10-8-6-4-2/h12,14,18,20,51-52,55-56H,3-11,13,15-17,19,21-50H2,1-2H3,(H,59,60)/b14-12-,20-18-. The van der Waals surface area contributed by atoms with E-state index in [1.165, 1.54) is 180 Å². The Bertz CT molecular complexity index is 1130. The van der Waals surface area contributed by atoms with E-state index in [9.17, 15) is 24.2 Å². The van der Waals surface area contributed by atoms with Crippen LogP contribution in [0.15, 0.2) is 24.3 Å². The number of carbonyl (C=O) groups is 2. The number of esters is 2. The highest BCUT2D eigenvalue weighted by molar-refractivity contribution is 7.47. The highest BCUT2D eigenvalue weighted by Gasteiger charge is 2.27. The lowest BCUT2D eigenvalue weighted by molar-refractivity contribution is -0.161. The first-order chi connectivity index (χ1) is 31.7. The molecule has 0 aromatic rings.